The predicted molar refractivity (Wildman–Crippen MR) is 57.3 cm³/mol. The van der Waals surface area contributed by atoms with Crippen molar-refractivity contribution in [1.29, 1.82) is 0 Å². The molecule has 88 valence electrons. The zero-order valence-corrected chi connectivity index (χ0v) is 9.96. The van der Waals surface area contributed by atoms with Crippen LogP contribution >= 0.6 is 0 Å². The highest BCUT2D eigenvalue weighted by atomic mass is 32.2. The maximum atomic E-state index is 11.2. The Morgan fingerprint density at radius 3 is 2.40 bits per heavy atom. The fourth-order valence-electron chi connectivity index (χ4n) is 2.08. The van der Waals surface area contributed by atoms with Gasteiger partial charge in [0.1, 0.15) is 0 Å². The first-order chi connectivity index (χ1) is 6.82. The summed E-state index contributed by atoms with van der Waals surface area (Å²) in [6.45, 7) is 3.73. The smallest absolute Gasteiger partial charge is 0.306 e. The monoisotopic (exact) mass is 234 g/mol. The maximum absolute atomic E-state index is 11.2. The molecule has 0 bridgehead atoms. The molecule has 0 aliphatic carbocycles. The van der Waals surface area contributed by atoms with Crippen molar-refractivity contribution in [1.82, 2.24) is 0 Å². The number of aliphatic carboxylic acids is 1. The van der Waals surface area contributed by atoms with Crippen LogP contribution in [0.25, 0.3) is 0 Å². The Hall–Kier alpha value is -0.580. The second-order valence-electron chi connectivity index (χ2n) is 4.69. The summed E-state index contributed by atoms with van der Waals surface area (Å²) in [5.74, 6) is -0.729. The van der Waals surface area contributed by atoms with E-state index in [9.17, 15) is 13.2 Å². The lowest BCUT2D eigenvalue weighted by molar-refractivity contribution is -0.143. The van der Waals surface area contributed by atoms with Crippen molar-refractivity contribution in [2.24, 2.45) is 17.8 Å². The molecule has 0 aromatic rings. The molecule has 2 unspecified atom stereocenters. The van der Waals surface area contributed by atoms with Gasteiger partial charge in [-0.2, -0.15) is 0 Å². The lowest BCUT2D eigenvalue weighted by atomic mass is 9.86. The summed E-state index contributed by atoms with van der Waals surface area (Å²) in [6.07, 6.45) is 1.12. The Morgan fingerprint density at radius 2 is 2.07 bits per heavy atom. The zero-order chi connectivity index (χ0) is 11.6. The Kier molecular flexibility index (Phi) is 3.76. The quantitative estimate of drug-likeness (QED) is 0.792. The maximum Gasteiger partial charge on any atom is 0.306 e. The number of hydrogen-bond acceptors (Lipinski definition) is 3. The van der Waals surface area contributed by atoms with Crippen LogP contribution in [-0.2, 0) is 14.6 Å². The van der Waals surface area contributed by atoms with Crippen molar-refractivity contribution in [2.75, 3.05) is 11.5 Å². The van der Waals surface area contributed by atoms with Gasteiger partial charge in [-0.3, -0.25) is 4.79 Å². The second-order valence-corrected chi connectivity index (χ2v) is 6.92. The number of rotatable bonds is 4. The van der Waals surface area contributed by atoms with Crippen molar-refractivity contribution in [3.63, 3.8) is 0 Å². The number of carboxylic acid groups (broad SMARTS) is 1. The van der Waals surface area contributed by atoms with Gasteiger partial charge in [-0.05, 0) is 24.7 Å². The molecule has 2 atom stereocenters. The summed E-state index contributed by atoms with van der Waals surface area (Å²) in [7, 11) is -2.89. The van der Waals surface area contributed by atoms with Gasteiger partial charge in [-0.15, -0.1) is 0 Å². The SMILES string of the molecule is CC(C)C(CC1CCS(=O)(=O)C1)C(=O)O. The molecule has 0 amide bonds. The molecule has 1 saturated heterocycles. The largest absolute Gasteiger partial charge is 0.481 e. The third-order valence-corrected chi connectivity index (χ3v) is 4.87. The molecule has 1 aliphatic heterocycles. The van der Waals surface area contributed by atoms with E-state index in [1.54, 1.807) is 0 Å². The van der Waals surface area contributed by atoms with Crippen LogP contribution in [0.4, 0.5) is 0 Å². The molecule has 1 heterocycles. The molecule has 1 aliphatic rings. The van der Waals surface area contributed by atoms with Gasteiger partial charge in [0.25, 0.3) is 0 Å². The predicted octanol–water partition coefficient (Wildman–Crippen LogP) is 1.17. The first-order valence-corrected chi connectivity index (χ1v) is 7.07. The van der Waals surface area contributed by atoms with E-state index < -0.39 is 21.7 Å². The molecule has 1 fully saturated rings. The van der Waals surface area contributed by atoms with Crippen LogP contribution in [0, 0.1) is 17.8 Å². The third-order valence-electron chi connectivity index (χ3n) is 3.04. The van der Waals surface area contributed by atoms with Crippen LogP contribution < -0.4 is 0 Å². The molecular weight excluding hydrogens is 216 g/mol. The van der Waals surface area contributed by atoms with E-state index in [0.717, 1.165) is 0 Å². The van der Waals surface area contributed by atoms with Crippen molar-refractivity contribution in [3.05, 3.63) is 0 Å². The van der Waals surface area contributed by atoms with Gasteiger partial charge < -0.3 is 5.11 Å². The highest BCUT2D eigenvalue weighted by Gasteiger charge is 2.32. The molecule has 0 radical (unpaired) electrons. The first kappa shape index (κ1) is 12.5. The average molecular weight is 234 g/mol. The van der Waals surface area contributed by atoms with Crippen LogP contribution in [0.3, 0.4) is 0 Å². The molecular formula is C10H18O4S. The van der Waals surface area contributed by atoms with E-state index in [-0.39, 0.29) is 23.3 Å². The summed E-state index contributed by atoms with van der Waals surface area (Å²) in [5, 5.41) is 8.98. The van der Waals surface area contributed by atoms with Gasteiger partial charge in [0.05, 0.1) is 17.4 Å². The van der Waals surface area contributed by atoms with Crippen molar-refractivity contribution >= 4 is 15.8 Å². The summed E-state index contributed by atoms with van der Waals surface area (Å²) < 4.78 is 22.4. The molecule has 5 heteroatoms. The van der Waals surface area contributed by atoms with Gasteiger partial charge in [0.2, 0.25) is 0 Å². The Balaban J connectivity index is 2.58. The summed E-state index contributed by atoms with van der Waals surface area (Å²) in [6, 6.07) is 0. The van der Waals surface area contributed by atoms with Crippen LogP contribution in [0.2, 0.25) is 0 Å². The summed E-state index contributed by atoms with van der Waals surface area (Å²) >= 11 is 0. The summed E-state index contributed by atoms with van der Waals surface area (Å²) in [4.78, 5) is 10.9. The van der Waals surface area contributed by atoms with E-state index in [1.807, 2.05) is 13.8 Å². The molecule has 15 heavy (non-hydrogen) atoms. The third kappa shape index (κ3) is 3.48. The van der Waals surface area contributed by atoms with E-state index in [1.165, 1.54) is 0 Å². The lowest BCUT2D eigenvalue weighted by Gasteiger charge is -2.19. The highest BCUT2D eigenvalue weighted by molar-refractivity contribution is 7.91. The highest BCUT2D eigenvalue weighted by Crippen LogP contribution is 2.28. The van der Waals surface area contributed by atoms with Crippen molar-refractivity contribution in [2.45, 2.75) is 26.7 Å². The first-order valence-electron chi connectivity index (χ1n) is 5.25. The second kappa shape index (κ2) is 4.51. The van der Waals surface area contributed by atoms with E-state index >= 15 is 0 Å². The molecule has 4 nitrogen and oxygen atoms in total. The van der Waals surface area contributed by atoms with Gasteiger partial charge in [-0.1, -0.05) is 13.8 Å². The minimum atomic E-state index is -2.89. The van der Waals surface area contributed by atoms with Crippen molar-refractivity contribution in [3.8, 4) is 0 Å². The zero-order valence-electron chi connectivity index (χ0n) is 9.14. The number of sulfone groups is 1. The molecule has 0 aromatic carbocycles. The normalized spacial score (nSPS) is 26.7. The van der Waals surface area contributed by atoms with E-state index in [4.69, 9.17) is 5.11 Å². The average Bonchev–Trinajstić information content (AvgIpc) is 2.40. The van der Waals surface area contributed by atoms with Gasteiger partial charge >= 0.3 is 5.97 Å². The molecule has 0 spiro atoms. The Labute approximate surface area is 90.6 Å². The van der Waals surface area contributed by atoms with Crippen LogP contribution in [0.5, 0.6) is 0 Å². The molecule has 1 N–H and O–H groups in total. The number of carboxylic acids is 1. The fourth-order valence-corrected chi connectivity index (χ4v) is 3.96. The number of hydrogen-bond donors (Lipinski definition) is 1. The van der Waals surface area contributed by atoms with Crippen LogP contribution in [0.1, 0.15) is 26.7 Å². The lowest BCUT2D eigenvalue weighted by Crippen LogP contribution is -2.23. The Bertz CT molecular complexity index is 331. The Morgan fingerprint density at radius 1 is 1.47 bits per heavy atom. The van der Waals surface area contributed by atoms with Gasteiger partial charge in [0.15, 0.2) is 9.84 Å². The number of carbonyl (C=O) groups is 1. The minimum Gasteiger partial charge on any atom is -0.481 e. The minimum absolute atomic E-state index is 0.0403. The van der Waals surface area contributed by atoms with Crippen LogP contribution in [-0.4, -0.2) is 31.0 Å². The van der Waals surface area contributed by atoms with E-state index in [2.05, 4.69) is 0 Å². The fraction of sp³-hybridized carbons (Fsp3) is 0.900. The van der Waals surface area contributed by atoms with Crippen molar-refractivity contribution < 1.29 is 18.3 Å². The summed E-state index contributed by atoms with van der Waals surface area (Å²) in [5.41, 5.74) is 0. The van der Waals surface area contributed by atoms with Crippen LogP contribution in [0.15, 0.2) is 0 Å². The molecule has 0 saturated carbocycles. The topological polar surface area (TPSA) is 71.4 Å². The van der Waals surface area contributed by atoms with Gasteiger partial charge in [-0.25, -0.2) is 8.42 Å². The standard InChI is InChI=1S/C10H18O4S/c1-7(2)9(10(11)12)5-8-3-4-15(13,14)6-8/h7-9H,3-6H2,1-2H3,(H,11,12). The van der Waals surface area contributed by atoms with E-state index in [0.29, 0.717) is 12.8 Å². The van der Waals surface area contributed by atoms with Gasteiger partial charge in [0, 0.05) is 0 Å². The molecule has 1 rings (SSSR count). The molecule has 0 aromatic heterocycles.